The Morgan fingerprint density at radius 2 is 2.03 bits per heavy atom. The molecule has 0 saturated carbocycles. The van der Waals surface area contributed by atoms with E-state index in [2.05, 4.69) is 5.32 Å². The number of piperazine rings is 1. The van der Waals surface area contributed by atoms with Crippen molar-refractivity contribution in [1.29, 1.82) is 0 Å². The fraction of sp³-hybridized carbons (Fsp3) is 0.333. The first-order valence-electron chi connectivity index (χ1n) is 10.4. The van der Waals surface area contributed by atoms with Gasteiger partial charge in [-0.05, 0) is 30.2 Å². The number of nitrogens with one attached hydrogen (secondary N) is 1. The fourth-order valence-electron chi connectivity index (χ4n) is 4.58. The monoisotopic (exact) mass is 421 g/mol. The topological polar surface area (TPSA) is 82.1 Å². The van der Waals surface area contributed by atoms with Gasteiger partial charge < -0.3 is 25.0 Å². The molecule has 2 aliphatic heterocycles. The molecule has 0 spiro atoms. The number of nitrogens with zero attached hydrogens (tertiary/aromatic N) is 2. The van der Waals surface area contributed by atoms with Crippen molar-refractivity contribution < 1.29 is 19.4 Å². The van der Waals surface area contributed by atoms with Crippen LogP contribution in [-0.4, -0.2) is 65.7 Å². The molecule has 3 amide bonds. The number of benzene rings is 2. The van der Waals surface area contributed by atoms with E-state index in [1.165, 1.54) is 4.90 Å². The zero-order valence-electron chi connectivity index (χ0n) is 17.7. The smallest absolute Gasteiger partial charge is 0.322 e. The molecule has 2 aromatic rings. The number of rotatable bonds is 5. The van der Waals surface area contributed by atoms with Crippen LogP contribution < -0.4 is 10.1 Å². The predicted molar refractivity (Wildman–Crippen MR) is 119 cm³/mol. The van der Waals surface area contributed by atoms with E-state index in [1.807, 2.05) is 43.3 Å². The van der Waals surface area contributed by atoms with Crippen LogP contribution in [0.2, 0.25) is 0 Å². The van der Waals surface area contributed by atoms with Gasteiger partial charge in [-0.15, -0.1) is 0 Å². The molecule has 31 heavy (non-hydrogen) atoms. The number of allylic oxidation sites excluding steroid dienone is 1. The summed E-state index contributed by atoms with van der Waals surface area (Å²) in [6.45, 7) is 2.28. The van der Waals surface area contributed by atoms with E-state index in [9.17, 15) is 14.7 Å². The molecular weight excluding hydrogens is 394 g/mol. The van der Waals surface area contributed by atoms with E-state index in [1.54, 1.807) is 36.3 Å². The first-order chi connectivity index (χ1) is 15.0. The van der Waals surface area contributed by atoms with Gasteiger partial charge in [-0.25, -0.2) is 4.79 Å². The third-order valence-corrected chi connectivity index (χ3v) is 6.04. The third kappa shape index (κ3) is 4.01. The zero-order chi connectivity index (χ0) is 22.0. The van der Waals surface area contributed by atoms with Crippen LogP contribution in [0.1, 0.15) is 24.0 Å². The third-order valence-electron chi connectivity index (χ3n) is 6.04. The second-order valence-corrected chi connectivity index (χ2v) is 7.85. The van der Waals surface area contributed by atoms with Crippen LogP contribution in [0.25, 0.3) is 6.08 Å². The summed E-state index contributed by atoms with van der Waals surface area (Å²) < 4.78 is 5.20. The lowest BCUT2D eigenvalue weighted by Crippen LogP contribution is -2.73. The summed E-state index contributed by atoms with van der Waals surface area (Å²) in [5.41, 5.74) is 2.77. The molecule has 0 bridgehead atoms. The first-order valence-corrected chi connectivity index (χ1v) is 10.4. The summed E-state index contributed by atoms with van der Waals surface area (Å²) in [4.78, 5) is 28.9. The van der Waals surface area contributed by atoms with Crippen molar-refractivity contribution in [2.45, 2.75) is 24.9 Å². The Kier molecular flexibility index (Phi) is 5.95. The predicted octanol–water partition coefficient (Wildman–Crippen LogP) is 2.93. The van der Waals surface area contributed by atoms with Crippen molar-refractivity contribution >= 4 is 23.7 Å². The zero-order valence-corrected chi connectivity index (χ0v) is 17.7. The Bertz CT molecular complexity index is 989. The first kappa shape index (κ1) is 20.9. The molecule has 0 aliphatic carbocycles. The van der Waals surface area contributed by atoms with E-state index >= 15 is 0 Å². The Balaban J connectivity index is 1.50. The average Bonchev–Trinajstić information content (AvgIpc) is 2.76. The summed E-state index contributed by atoms with van der Waals surface area (Å²) in [5, 5.41) is 12.8. The molecule has 7 nitrogen and oxygen atoms in total. The van der Waals surface area contributed by atoms with Gasteiger partial charge in [0, 0.05) is 24.2 Å². The number of fused-ring (bicyclic) bond motifs is 1. The maximum absolute atomic E-state index is 12.8. The number of aliphatic hydroxyl groups excluding tert-OH is 1. The molecule has 2 saturated heterocycles. The van der Waals surface area contributed by atoms with Crippen LogP contribution >= 0.6 is 0 Å². The normalized spacial score (nSPS) is 22.8. The number of hydrogen-bond acceptors (Lipinski definition) is 4. The molecule has 2 fully saturated rings. The average molecular weight is 421 g/mol. The Labute approximate surface area is 181 Å². The molecular formula is C24H27N3O4. The van der Waals surface area contributed by atoms with Crippen molar-refractivity contribution in [3.05, 3.63) is 65.7 Å². The van der Waals surface area contributed by atoms with Gasteiger partial charge in [0.2, 0.25) is 5.91 Å². The summed E-state index contributed by atoms with van der Waals surface area (Å²) in [6, 6.07) is 14.5. The van der Waals surface area contributed by atoms with Crippen LogP contribution in [0.3, 0.4) is 0 Å². The molecule has 0 unspecified atom stereocenters. The number of carbonyl (C=O) groups is 2. The van der Waals surface area contributed by atoms with Crippen LogP contribution in [0, 0.1) is 0 Å². The van der Waals surface area contributed by atoms with E-state index in [0.717, 1.165) is 11.1 Å². The number of aliphatic hydroxyl groups is 1. The molecule has 2 heterocycles. The largest absolute Gasteiger partial charge is 0.497 e. The van der Waals surface area contributed by atoms with Gasteiger partial charge in [0.1, 0.15) is 12.3 Å². The van der Waals surface area contributed by atoms with Crippen molar-refractivity contribution in [3.63, 3.8) is 0 Å². The number of hydrogen-bond donors (Lipinski definition) is 2. The number of anilines is 1. The Hall–Kier alpha value is -3.32. The highest BCUT2D eigenvalue weighted by Crippen LogP contribution is 2.43. The van der Waals surface area contributed by atoms with Gasteiger partial charge in [0.15, 0.2) is 0 Å². The minimum absolute atomic E-state index is 0.00421. The standard InChI is InChI=1S/C24H27N3O4/c1-3-5-16-8-10-17(11-9-16)23-20-13-26(14-22(29)27(20)21(23)15-28)24(30)25-18-6-4-7-19(12-18)31-2/h3-12,20-21,23,28H,13-15H2,1-2H3,(H,25,30)/b5-3+/t20-,21+,23-/m1/s1. The quantitative estimate of drug-likeness (QED) is 0.778. The van der Waals surface area contributed by atoms with Gasteiger partial charge in [-0.3, -0.25) is 4.79 Å². The van der Waals surface area contributed by atoms with Crippen molar-refractivity contribution in [2.24, 2.45) is 0 Å². The van der Waals surface area contributed by atoms with E-state index < -0.39 is 0 Å². The number of urea groups is 1. The Morgan fingerprint density at radius 1 is 1.26 bits per heavy atom. The highest BCUT2D eigenvalue weighted by Gasteiger charge is 2.54. The lowest BCUT2D eigenvalue weighted by Gasteiger charge is -2.58. The molecule has 2 aliphatic rings. The minimum Gasteiger partial charge on any atom is -0.497 e. The summed E-state index contributed by atoms with van der Waals surface area (Å²) in [7, 11) is 1.57. The number of carbonyl (C=O) groups excluding carboxylic acids is 2. The summed E-state index contributed by atoms with van der Waals surface area (Å²) >= 11 is 0. The molecule has 3 atom stereocenters. The van der Waals surface area contributed by atoms with Crippen molar-refractivity contribution in [3.8, 4) is 5.75 Å². The second kappa shape index (κ2) is 8.81. The number of amides is 3. The highest BCUT2D eigenvalue weighted by molar-refractivity contribution is 5.94. The van der Waals surface area contributed by atoms with Gasteiger partial charge in [-0.2, -0.15) is 0 Å². The molecule has 0 aromatic heterocycles. The molecule has 0 radical (unpaired) electrons. The number of methoxy groups -OCH3 is 1. The van der Waals surface area contributed by atoms with Gasteiger partial charge >= 0.3 is 6.03 Å². The maximum atomic E-state index is 12.8. The summed E-state index contributed by atoms with van der Waals surface area (Å²) in [5.74, 6) is 0.490. The lowest BCUT2D eigenvalue weighted by molar-refractivity contribution is -0.159. The molecule has 2 aromatic carbocycles. The lowest BCUT2D eigenvalue weighted by atomic mass is 9.73. The highest BCUT2D eigenvalue weighted by atomic mass is 16.5. The van der Waals surface area contributed by atoms with Crippen LogP contribution in [0.15, 0.2) is 54.6 Å². The van der Waals surface area contributed by atoms with Crippen molar-refractivity contribution in [1.82, 2.24) is 9.80 Å². The van der Waals surface area contributed by atoms with E-state index in [0.29, 0.717) is 18.0 Å². The van der Waals surface area contributed by atoms with Gasteiger partial charge in [-0.1, -0.05) is 42.5 Å². The Morgan fingerprint density at radius 3 is 2.71 bits per heavy atom. The second-order valence-electron chi connectivity index (χ2n) is 7.85. The van der Waals surface area contributed by atoms with Gasteiger partial charge in [0.05, 0.1) is 25.8 Å². The van der Waals surface area contributed by atoms with Crippen molar-refractivity contribution in [2.75, 3.05) is 32.1 Å². The molecule has 2 N–H and O–H groups in total. The van der Waals surface area contributed by atoms with Crippen LogP contribution in [-0.2, 0) is 4.79 Å². The molecule has 4 rings (SSSR count). The minimum atomic E-state index is -0.323. The van der Waals surface area contributed by atoms with Crippen LogP contribution in [0.4, 0.5) is 10.5 Å². The maximum Gasteiger partial charge on any atom is 0.322 e. The van der Waals surface area contributed by atoms with E-state index in [4.69, 9.17) is 4.74 Å². The van der Waals surface area contributed by atoms with E-state index in [-0.39, 0.29) is 43.1 Å². The summed E-state index contributed by atoms with van der Waals surface area (Å²) in [6.07, 6.45) is 4.00. The number of ether oxygens (including phenoxy) is 1. The van der Waals surface area contributed by atoms with Gasteiger partial charge in [0.25, 0.3) is 0 Å². The molecule has 162 valence electrons. The molecule has 7 heteroatoms. The SMILES string of the molecule is C/C=C/c1ccc([C@@H]2[C@H]3CN(C(=O)Nc4cccc(OC)c4)CC(=O)N3[C@H]2CO)cc1. The van der Waals surface area contributed by atoms with Crippen LogP contribution in [0.5, 0.6) is 5.75 Å². The fourth-order valence-corrected chi connectivity index (χ4v) is 4.58.